The lowest BCUT2D eigenvalue weighted by molar-refractivity contribution is -0.140. The van der Waals surface area contributed by atoms with E-state index in [0.717, 1.165) is 34.5 Å². The Morgan fingerprint density at radius 2 is 1.61 bits per heavy atom. The fraction of sp³-hybridized carbons (Fsp3) is 0.321. The van der Waals surface area contributed by atoms with Gasteiger partial charge in [0.25, 0.3) is 5.56 Å². The smallest absolute Gasteiger partial charge is 0.337 e. The highest BCUT2D eigenvalue weighted by molar-refractivity contribution is 5.94. The summed E-state index contributed by atoms with van der Waals surface area (Å²) >= 11 is 0. The lowest BCUT2D eigenvalue weighted by Gasteiger charge is -2.31. The number of benzene rings is 2. The average molecular weight is 489 g/mol. The Morgan fingerprint density at radius 3 is 2.22 bits per heavy atom. The summed E-state index contributed by atoms with van der Waals surface area (Å²) in [4.78, 5) is 41.8. The number of nitrogens with one attached hydrogen (secondary N) is 1. The summed E-state index contributed by atoms with van der Waals surface area (Å²) < 4.78 is 8.18. The molecule has 0 saturated carbocycles. The predicted molar refractivity (Wildman–Crippen MR) is 141 cm³/mol. The Bertz CT molecular complexity index is 1410. The largest absolute Gasteiger partial charge is 0.457 e. The normalized spacial score (nSPS) is 14.8. The maximum atomic E-state index is 13.5. The van der Waals surface area contributed by atoms with Crippen molar-refractivity contribution in [3.05, 3.63) is 103 Å². The molecule has 0 saturated heterocycles. The number of rotatable bonds is 7. The van der Waals surface area contributed by atoms with E-state index in [-0.39, 0.29) is 6.61 Å². The van der Waals surface area contributed by atoms with Crippen LogP contribution in [-0.2, 0) is 30.2 Å². The molecule has 1 unspecified atom stereocenters. The van der Waals surface area contributed by atoms with Gasteiger partial charge in [-0.2, -0.15) is 0 Å². The van der Waals surface area contributed by atoms with Crippen molar-refractivity contribution in [2.45, 2.75) is 33.3 Å². The van der Waals surface area contributed by atoms with Crippen LogP contribution < -0.4 is 21.5 Å². The predicted octanol–water partition coefficient (Wildman–Crippen LogP) is 3.51. The van der Waals surface area contributed by atoms with Gasteiger partial charge in [-0.3, -0.25) is 13.9 Å². The van der Waals surface area contributed by atoms with Crippen LogP contribution in [0.15, 0.2) is 75.5 Å². The van der Waals surface area contributed by atoms with Crippen LogP contribution in [0, 0.1) is 0 Å². The minimum absolute atomic E-state index is 0.113. The molecular formula is C28H32N4O4. The fourth-order valence-corrected chi connectivity index (χ4v) is 4.76. The number of ether oxygens (including phenoxy) is 1. The highest BCUT2D eigenvalue weighted by atomic mass is 16.5. The van der Waals surface area contributed by atoms with Crippen molar-refractivity contribution >= 4 is 17.5 Å². The Kier molecular flexibility index (Phi) is 7.15. The monoisotopic (exact) mass is 488 g/mol. The average Bonchev–Trinajstić information content (AvgIpc) is 2.90. The Hall–Kier alpha value is -4.07. The molecule has 36 heavy (non-hydrogen) atoms. The summed E-state index contributed by atoms with van der Waals surface area (Å²) in [6.45, 7) is 7.80. The van der Waals surface area contributed by atoms with Crippen LogP contribution in [0.5, 0.6) is 0 Å². The van der Waals surface area contributed by atoms with Crippen molar-refractivity contribution in [1.82, 2.24) is 9.13 Å². The Balaban J connectivity index is 1.84. The number of hydrogen-bond donors (Lipinski definition) is 1. The van der Waals surface area contributed by atoms with E-state index in [1.165, 1.54) is 11.6 Å². The zero-order chi connectivity index (χ0) is 26.0. The SMILES string of the molecule is CCN(CC)c1ccc(C2C(C(=O)OCc3ccccc3)=C(C)Nc3c2c(=O)n(C)c(=O)n3C)cc1. The van der Waals surface area contributed by atoms with Crippen molar-refractivity contribution < 1.29 is 9.53 Å². The molecule has 1 N–H and O–H groups in total. The Labute approximate surface area is 210 Å². The zero-order valence-corrected chi connectivity index (χ0v) is 21.4. The summed E-state index contributed by atoms with van der Waals surface area (Å²) in [5, 5.41) is 3.13. The fourth-order valence-electron chi connectivity index (χ4n) is 4.76. The van der Waals surface area contributed by atoms with Crippen LogP contribution >= 0.6 is 0 Å². The maximum Gasteiger partial charge on any atom is 0.337 e. The first-order valence-electron chi connectivity index (χ1n) is 12.1. The van der Waals surface area contributed by atoms with Gasteiger partial charge >= 0.3 is 11.7 Å². The molecule has 0 aliphatic carbocycles. The van der Waals surface area contributed by atoms with E-state index in [9.17, 15) is 14.4 Å². The quantitative estimate of drug-likeness (QED) is 0.513. The van der Waals surface area contributed by atoms with E-state index in [0.29, 0.717) is 22.7 Å². The molecule has 0 amide bonds. The molecule has 188 valence electrons. The molecule has 3 aromatic rings. The van der Waals surface area contributed by atoms with Gasteiger partial charge < -0.3 is 15.0 Å². The molecule has 8 nitrogen and oxygen atoms in total. The van der Waals surface area contributed by atoms with Crippen molar-refractivity contribution in [3.63, 3.8) is 0 Å². The van der Waals surface area contributed by atoms with Crippen molar-refractivity contribution in [2.24, 2.45) is 14.1 Å². The van der Waals surface area contributed by atoms with Gasteiger partial charge in [-0.05, 0) is 44.0 Å². The third kappa shape index (κ3) is 4.46. The van der Waals surface area contributed by atoms with Crippen molar-refractivity contribution in [1.29, 1.82) is 0 Å². The van der Waals surface area contributed by atoms with E-state index in [4.69, 9.17) is 4.74 Å². The minimum Gasteiger partial charge on any atom is -0.457 e. The number of allylic oxidation sites excluding steroid dienone is 1. The van der Waals surface area contributed by atoms with Crippen molar-refractivity contribution in [2.75, 3.05) is 23.3 Å². The molecule has 1 aliphatic rings. The molecule has 1 aliphatic heterocycles. The highest BCUT2D eigenvalue weighted by Crippen LogP contribution is 2.40. The molecule has 0 fully saturated rings. The van der Waals surface area contributed by atoms with Crippen molar-refractivity contribution in [3.8, 4) is 0 Å². The molecule has 0 spiro atoms. The second-order valence-corrected chi connectivity index (χ2v) is 8.89. The number of nitrogens with zero attached hydrogens (tertiary/aromatic N) is 3. The van der Waals surface area contributed by atoms with Crippen LogP contribution in [0.1, 0.15) is 43.4 Å². The van der Waals surface area contributed by atoms with Crippen LogP contribution in [-0.4, -0.2) is 28.2 Å². The lowest BCUT2D eigenvalue weighted by Crippen LogP contribution is -2.43. The topological polar surface area (TPSA) is 85.6 Å². The molecule has 2 heterocycles. The molecule has 1 aromatic heterocycles. The van der Waals surface area contributed by atoms with Gasteiger partial charge in [0.1, 0.15) is 12.4 Å². The number of carbonyl (C=O) groups excluding carboxylic acids is 1. The number of fused-ring (bicyclic) bond motifs is 1. The zero-order valence-electron chi connectivity index (χ0n) is 21.4. The lowest BCUT2D eigenvalue weighted by atomic mass is 9.82. The third-order valence-electron chi connectivity index (χ3n) is 6.77. The number of anilines is 2. The van der Waals surface area contributed by atoms with Crippen LogP contribution in [0.25, 0.3) is 0 Å². The van der Waals surface area contributed by atoms with E-state index in [1.807, 2.05) is 54.6 Å². The number of carbonyl (C=O) groups is 1. The van der Waals surface area contributed by atoms with Crippen LogP contribution in [0.4, 0.5) is 11.5 Å². The molecule has 0 radical (unpaired) electrons. The number of esters is 1. The van der Waals surface area contributed by atoms with Crippen LogP contribution in [0.3, 0.4) is 0 Å². The second-order valence-electron chi connectivity index (χ2n) is 8.89. The van der Waals surface area contributed by atoms with Gasteiger partial charge in [-0.15, -0.1) is 0 Å². The third-order valence-corrected chi connectivity index (χ3v) is 6.77. The molecule has 2 aromatic carbocycles. The van der Waals surface area contributed by atoms with Gasteiger partial charge in [0.15, 0.2) is 0 Å². The van der Waals surface area contributed by atoms with E-state index in [2.05, 4.69) is 24.1 Å². The molecular weight excluding hydrogens is 456 g/mol. The maximum absolute atomic E-state index is 13.5. The van der Waals surface area contributed by atoms with Gasteiger partial charge in [0.05, 0.1) is 17.1 Å². The van der Waals surface area contributed by atoms with E-state index in [1.54, 1.807) is 14.0 Å². The van der Waals surface area contributed by atoms with E-state index >= 15 is 0 Å². The molecule has 0 bridgehead atoms. The standard InChI is InChI=1S/C28H32N4O4/c1-6-32(7-2)21-15-13-20(14-16-21)23-22(27(34)36-17-19-11-9-8-10-12-19)18(3)29-25-24(23)26(33)31(5)28(35)30(25)4/h8-16,23,29H,6-7,17H2,1-5H3. The first kappa shape index (κ1) is 25.0. The number of aromatic nitrogens is 2. The summed E-state index contributed by atoms with van der Waals surface area (Å²) in [7, 11) is 3.06. The molecule has 1 atom stereocenters. The Morgan fingerprint density at radius 1 is 0.972 bits per heavy atom. The first-order chi connectivity index (χ1) is 17.3. The van der Waals surface area contributed by atoms with Gasteiger partial charge in [0, 0.05) is 38.6 Å². The van der Waals surface area contributed by atoms with Gasteiger partial charge in [-0.1, -0.05) is 42.5 Å². The van der Waals surface area contributed by atoms with Gasteiger partial charge in [-0.25, -0.2) is 9.59 Å². The minimum atomic E-state index is -0.694. The summed E-state index contributed by atoms with van der Waals surface area (Å²) in [6, 6.07) is 17.3. The van der Waals surface area contributed by atoms with Gasteiger partial charge in [0.2, 0.25) is 0 Å². The summed E-state index contributed by atoms with van der Waals surface area (Å²) in [6.07, 6.45) is 0. The highest BCUT2D eigenvalue weighted by Gasteiger charge is 2.37. The first-order valence-corrected chi connectivity index (χ1v) is 12.1. The summed E-state index contributed by atoms with van der Waals surface area (Å²) in [5.41, 5.74) is 3.05. The van der Waals surface area contributed by atoms with E-state index < -0.39 is 23.1 Å². The molecule has 8 heteroatoms. The molecule has 4 rings (SSSR count). The number of hydrogen-bond acceptors (Lipinski definition) is 6. The second kappa shape index (κ2) is 10.3. The van der Waals surface area contributed by atoms with Crippen LogP contribution in [0.2, 0.25) is 0 Å². The summed E-state index contributed by atoms with van der Waals surface area (Å²) in [5.74, 6) is -0.818.